The summed E-state index contributed by atoms with van der Waals surface area (Å²) in [6, 6.07) is 5.24. The van der Waals surface area contributed by atoms with E-state index in [9.17, 15) is 0 Å². The molecule has 0 aliphatic rings. The summed E-state index contributed by atoms with van der Waals surface area (Å²) in [5, 5.41) is 2.94. The minimum atomic E-state index is -2.02. The van der Waals surface area contributed by atoms with E-state index in [-0.39, 0.29) is 0 Å². The molecule has 1 heterocycles. The highest BCUT2D eigenvalue weighted by Gasteiger charge is 1.99. The molecule has 0 saturated heterocycles. The summed E-state index contributed by atoms with van der Waals surface area (Å²) < 4.78 is 23.9. The summed E-state index contributed by atoms with van der Waals surface area (Å²) in [6.45, 7) is -2.02. The van der Waals surface area contributed by atoms with Crippen molar-refractivity contribution in [1.29, 1.82) is 0 Å². The van der Waals surface area contributed by atoms with Crippen LogP contribution in [0.3, 0.4) is 0 Å². The van der Waals surface area contributed by atoms with Crippen molar-refractivity contribution in [3.05, 3.63) is 33.6 Å². The van der Waals surface area contributed by atoms with E-state index in [2.05, 4.69) is 15.9 Å². The smallest absolute Gasteiger partial charge is 0.0361 e. The third kappa shape index (κ3) is 1.21. The third-order valence-corrected chi connectivity index (χ3v) is 3.45. The molecule has 2 aromatic rings. The van der Waals surface area contributed by atoms with Crippen LogP contribution in [-0.4, -0.2) is 0 Å². The lowest BCUT2D eigenvalue weighted by Gasteiger charge is -1.92. The molecule has 0 aliphatic heterocycles. The van der Waals surface area contributed by atoms with Crippen LogP contribution in [0.15, 0.2) is 28.1 Å². The topological polar surface area (TPSA) is 0 Å². The normalized spacial score (nSPS) is 15.9. The maximum absolute atomic E-state index is 7.29. The fourth-order valence-corrected chi connectivity index (χ4v) is 2.54. The van der Waals surface area contributed by atoms with Crippen molar-refractivity contribution in [2.75, 3.05) is 0 Å². The second kappa shape index (κ2) is 2.61. The molecule has 2 heteroatoms. The van der Waals surface area contributed by atoms with Crippen LogP contribution < -0.4 is 0 Å². The molecule has 0 bridgehead atoms. The second-order valence-corrected chi connectivity index (χ2v) is 4.06. The van der Waals surface area contributed by atoms with E-state index in [1.165, 1.54) is 0 Å². The van der Waals surface area contributed by atoms with Crippen LogP contribution in [0.25, 0.3) is 10.1 Å². The molecule has 0 N–H and O–H groups in total. The summed E-state index contributed by atoms with van der Waals surface area (Å²) in [6.07, 6.45) is 0. The van der Waals surface area contributed by atoms with Crippen molar-refractivity contribution in [1.82, 2.24) is 0 Å². The summed E-state index contributed by atoms with van der Waals surface area (Å²) >= 11 is 5.00. The van der Waals surface area contributed by atoms with Crippen molar-refractivity contribution in [2.45, 2.75) is 6.85 Å². The van der Waals surface area contributed by atoms with Crippen molar-refractivity contribution in [3.8, 4) is 0 Å². The van der Waals surface area contributed by atoms with Gasteiger partial charge in [0.1, 0.15) is 0 Å². The fraction of sp³-hybridized carbons (Fsp3) is 0.111. The zero-order chi connectivity index (χ0) is 10.3. The van der Waals surface area contributed by atoms with Gasteiger partial charge in [-0.15, -0.1) is 11.3 Å². The van der Waals surface area contributed by atoms with Gasteiger partial charge in [-0.3, -0.25) is 0 Å². The molecule has 56 valence electrons. The number of fused-ring (bicyclic) bond motifs is 1. The number of halogens is 1. The van der Waals surface area contributed by atoms with Gasteiger partial charge in [-0.05, 0) is 34.9 Å². The highest BCUT2D eigenvalue weighted by atomic mass is 79.9. The highest BCUT2D eigenvalue weighted by molar-refractivity contribution is 9.10. The molecule has 0 saturated carbocycles. The Hall–Kier alpha value is -0.340. The Labute approximate surface area is 82.2 Å². The number of thiophene rings is 1. The van der Waals surface area contributed by atoms with Crippen molar-refractivity contribution in [2.24, 2.45) is 0 Å². The standard InChI is InChI=1S/C9H7BrS/c1-6-2-3-9-7(4-6)8(10)5-11-9/h2-5H,1H3/i1D3. The highest BCUT2D eigenvalue weighted by Crippen LogP contribution is 2.30. The largest absolute Gasteiger partial charge is 0.143 e. The lowest BCUT2D eigenvalue weighted by molar-refractivity contribution is 1.51. The lowest BCUT2D eigenvalue weighted by atomic mass is 10.2. The Morgan fingerprint density at radius 2 is 2.45 bits per heavy atom. The monoisotopic (exact) mass is 229 g/mol. The average molecular weight is 230 g/mol. The molecular formula is C9H7BrS. The summed E-state index contributed by atoms with van der Waals surface area (Å²) in [5.74, 6) is 0. The molecular weight excluding hydrogens is 220 g/mol. The van der Waals surface area contributed by atoms with Gasteiger partial charge in [-0.25, -0.2) is 0 Å². The zero-order valence-electron chi connectivity index (χ0n) is 8.60. The second-order valence-electron chi connectivity index (χ2n) is 2.29. The fourth-order valence-electron chi connectivity index (χ4n) is 0.998. The van der Waals surface area contributed by atoms with E-state index in [4.69, 9.17) is 4.11 Å². The Bertz CT molecular complexity index is 472. The van der Waals surface area contributed by atoms with Crippen LogP contribution in [0.1, 0.15) is 9.68 Å². The number of benzene rings is 1. The molecule has 0 unspecified atom stereocenters. The van der Waals surface area contributed by atoms with E-state index in [1.807, 2.05) is 11.4 Å². The minimum absolute atomic E-state index is 0.393. The first kappa shape index (κ1) is 4.63. The summed E-state index contributed by atoms with van der Waals surface area (Å²) in [4.78, 5) is 0. The molecule has 0 amide bonds. The average Bonchev–Trinajstić information content (AvgIpc) is 2.46. The van der Waals surface area contributed by atoms with Crippen molar-refractivity contribution >= 4 is 37.4 Å². The minimum Gasteiger partial charge on any atom is -0.143 e. The van der Waals surface area contributed by atoms with Gasteiger partial charge in [0.25, 0.3) is 0 Å². The van der Waals surface area contributed by atoms with Crippen LogP contribution in [-0.2, 0) is 0 Å². The third-order valence-electron chi connectivity index (χ3n) is 1.53. The predicted molar refractivity (Wildman–Crippen MR) is 54.3 cm³/mol. The van der Waals surface area contributed by atoms with E-state index < -0.39 is 6.85 Å². The Balaban J connectivity index is 2.66. The Morgan fingerprint density at radius 1 is 1.55 bits per heavy atom. The zero-order valence-corrected chi connectivity index (χ0v) is 8.00. The Kier molecular flexibility index (Phi) is 1.10. The van der Waals surface area contributed by atoms with E-state index in [0.29, 0.717) is 5.56 Å². The Morgan fingerprint density at radius 3 is 3.27 bits per heavy atom. The molecule has 1 aromatic heterocycles. The van der Waals surface area contributed by atoms with Gasteiger partial charge in [0.2, 0.25) is 0 Å². The van der Waals surface area contributed by atoms with Gasteiger partial charge in [-0.1, -0.05) is 11.6 Å². The first-order valence-electron chi connectivity index (χ1n) is 4.66. The molecule has 0 radical (unpaired) electrons. The van der Waals surface area contributed by atoms with E-state index >= 15 is 0 Å². The van der Waals surface area contributed by atoms with Gasteiger partial charge in [0.05, 0.1) is 0 Å². The molecule has 0 fully saturated rings. The van der Waals surface area contributed by atoms with Crippen molar-refractivity contribution < 1.29 is 4.11 Å². The van der Waals surface area contributed by atoms with Gasteiger partial charge in [0, 0.05) is 24.1 Å². The van der Waals surface area contributed by atoms with Crippen LogP contribution in [0, 0.1) is 6.85 Å². The number of rotatable bonds is 0. The maximum Gasteiger partial charge on any atom is 0.0361 e. The number of hydrogen-bond acceptors (Lipinski definition) is 1. The number of aryl methyl sites for hydroxylation is 1. The van der Waals surface area contributed by atoms with Gasteiger partial charge < -0.3 is 0 Å². The summed E-state index contributed by atoms with van der Waals surface area (Å²) in [7, 11) is 0. The molecule has 1 aromatic carbocycles. The molecule has 0 atom stereocenters. The van der Waals surface area contributed by atoms with Crippen molar-refractivity contribution in [3.63, 3.8) is 0 Å². The molecule has 0 nitrogen and oxygen atoms in total. The lowest BCUT2D eigenvalue weighted by Crippen LogP contribution is -1.68. The first-order chi connectivity index (χ1) is 6.48. The molecule has 2 rings (SSSR count). The van der Waals surface area contributed by atoms with Crippen LogP contribution >= 0.6 is 27.3 Å². The quantitative estimate of drug-likeness (QED) is 0.642. The van der Waals surface area contributed by atoms with Crippen LogP contribution in [0.4, 0.5) is 0 Å². The molecule has 0 aliphatic carbocycles. The van der Waals surface area contributed by atoms with Crippen LogP contribution in [0.2, 0.25) is 0 Å². The summed E-state index contributed by atoms with van der Waals surface area (Å²) in [5.41, 5.74) is 0.393. The van der Waals surface area contributed by atoms with E-state index in [1.54, 1.807) is 23.5 Å². The van der Waals surface area contributed by atoms with Gasteiger partial charge in [0.15, 0.2) is 0 Å². The predicted octanol–water partition coefficient (Wildman–Crippen LogP) is 3.97. The molecule has 0 spiro atoms. The van der Waals surface area contributed by atoms with Crippen LogP contribution in [0.5, 0.6) is 0 Å². The van der Waals surface area contributed by atoms with Gasteiger partial charge in [-0.2, -0.15) is 0 Å². The number of hydrogen-bond donors (Lipinski definition) is 0. The molecule has 11 heavy (non-hydrogen) atoms. The maximum atomic E-state index is 7.29. The SMILES string of the molecule is [2H]C([2H])([2H])c1ccc2scc(Br)c2c1. The first-order valence-corrected chi connectivity index (χ1v) is 4.83. The van der Waals surface area contributed by atoms with E-state index in [0.717, 1.165) is 14.6 Å². The van der Waals surface area contributed by atoms with Gasteiger partial charge >= 0.3 is 0 Å².